The molecular weight excluding hydrogens is 230 g/mol. The van der Waals surface area contributed by atoms with Crippen molar-refractivity contribution in [2.24, 2.45) is 11.0 Å². The lowest BCUT2D eigenvalue weighted by Gasteiger charge is -2.28. The quantitative estimate of drug-likeness (QED) is 0.455. The third kappa shape index (κ3) is 3.95. The molecule has 2 unspecified atom stereocenters. The summed E-state index contributed by atoms with van der Waals surface area (Å²) in [5.74, 6) is 1.23. The predicted octanol–water partition coefficient (Wildman–Crippen LogP) is 3.17. The van der Waals surface area contributed by atoms with Gasteiger partial charge in [-0.15, -0.1) is 0 Å². The van der Waals surface area contributed by atoms with Crippen molar-refractivity contribution in [2.45, 2.75) is 18.9 Å². The molecule has 0 aliphatic carbocycles. The van der Waals surface area contributed by atoms with Gasteiger partial charge in [-0.05, 0) is 36.4 Å². The first kappa shape index (κ1) is 12.7. The van der Waals surface area contributed by atoms with Crippen LogP contribution in [0.5, 0.6) is 5.75 Å². The lowest BCUT2D eigenvalue weighted by atomic mass is 9.99. The molecule has 5 heteroatoms. The van der Waals surface area contributed by atoms with E-state index in [2.05, 4.69) is 10.0 Å². The molecule has 1 aliphatic rings. The molecule has 1 saturated heterocycles. The van der Waals surface area contributed by atoms with Crippen LogP contribution in [-0.2, 0) is 4.74 Å². The molecule has 1 aromatic rings. The van der Waals surface area contributed by atoms with Crippen molar-refractivity contribution in [3.8, 4) is 5.75 Å². The summed E-state index contributed by atoms with van der Waals surface area (Å²) in [5, 5.41) is 3.58. The van der Waals surface area contributed by atoms with E-state index in [1.54, 1.807) is 0 Å². The predicted molar refractivity (Wildman–Crippen MR) is 68.4 cm³/mol. The number of nitrogens with zero attached hydrogens (tertiary/aromatic N) is 3. The minimum Gasteiger partial charge on any atom is -0.491 e. The van der Waals surface area contributed by atoms with Gasteiger partial charge >= 0.3 is 0 Å². The third-order valence-corrected chi connectivity index (χ3v) is 3.05. The SMILES string of the molecule is [N-]=[N+]=NCC1CCC(COc2ccccc2)OC1. The Balaban J connectivity index is 1.69. The van der Waals surface area contributed by atoms with Gasteiger partial charge in [0.1, 0.15) is 12.4 Å². The molecule has 0 bridgehead atoms. The zero-order valence-corrected chi connectivity index (χ0v) is 10.2. The van der Waals surface area contributed by atoms with Crippen molar-refractivity contribution in [2.75, 3.05) is 19.8 Å². The van der Waals surface area contributed by atoms with Crippen LogP contribution in [0, 0.1) is 5.92 Å². The summed E-state index contributed by atoms with van der Waals surface area (Å²) in [6.07, 6.45) is 2.13. The van der Waals surface area contributed by atoms with E-state index in [9.17, 15) is 0 Å². The second kappa shape index (κ2) is 6.89. The molecule has 2 rings (SSSR count). The fourth-order valence-corrected chi connectivity index (χ4v) is 1.99. The van der Waals surface area contributed by atoms with Crippen molar-refractivity contribution in [1.29, 1.82) is 0 Å². The fourth-order valence-electron chi connectivity index (χ4n) is 1.99. The van der Waals surface area contributed by atoms with Crippen molar-refractivity contribution < 1.29 is 9.47 Å². The summed E-state index contributed by atoms with van der Waals surface area (Å²) < 4.78 is 11.4. The molecule has 0 saturated carbocycles. The normalized spacial score (nSPS) is 23.1. The van der Waals surface area contributed by atoms with Crippen LogP contribution in [0.15, 0.2) is 35.4 Å². The summed E-state index contributed by atoms with van der Waals surface area (Å²) in [6.45, 7) is 1.77. The standard InChI is InChI=1S/C13H17N3O2/c14-16-15-8-11-6-7-13(17-9-11)10-18-12-4-2-1-3-5-12/h1-5,11,13H,6-10H2. The number of hydrogen-bond donors (Lipinski definition) is 0. The van der Waals surface area contributed by atoms with E-state index in [-0.39, 0.29) is 6.10 Å². The van der Waals surface area contributed by atoms with Crippen LogP contribution in [0.2, 0.25) is 0 Å². The maximum atomic E-state index is 8.26. The van der Waals surface area contributed by atoms with Crippen LogP contribution in [0.3, 0.4) is 0 Å². The van der Waals surface area contributed by atoms with Crippen LogP contribution < -0.4 is 4.74 Å². The molecule has 2 atom stereocenters. The lowest BCUT2D eigenvalue weighted by Crippen LogP contribution is -2.31. The fraction of sp³-hybridized carbons (Fsp3) is 0.538. The molecule has 0 aromatic heterocycles. The third-order valence-electron chi connectivity index (χ3n) is 3.05. The highest BCUT2D eigenvalue weighted by Crippen LogP contribution is 2.20. The molecule has 18 heavy (non-hydrogen) atoms. The summed E-state index contributed by atoms with van der Waals surface area (Å²) >= 11 is 0. The molecule has 0 N–H and O–H groups in total. The largest absolute Gasteiger partial charge is 0.491 e. The molecule has 0 spiro atoms. The molecule has 96 valence electrons. The maximum absolute atomic E-state index is 8.26. The average Bonchev–Trinajstić information content (AvgIpc) is 2.45. The van der Waals surface area contributed by atoms with Gasteiger partial charge < -0.3 is 9.47 Å². The van der Waals surface area contributed by atoms with Gasteiger partial charge in [0.2, 0.25) is 0 Å². The highest BCUT2D eigenvalue weighted by atomic mass is 16.5. The Hall–Kier alpha value is -1.71. The Labute approximate surface area is 106 Å². The molecule has 0 amide bonds. The van der Waals surface area contributed by atoms with Gasteiger partial charge in [-0.1, -0.05) is 23.3 Å². The second-order valence-electron chi connectivity index (χ2n) is 4.44. The van der Waals surface area contributed by atoms with Crippen LogP contribution in [0.4, 0.5) is 0 Å². The molecule has 1 aliphatic heterocycles. The monoisotopic (exact) mass is 247 g/mol. The number of hydrogen-bond acceptors (Lipinski definition) is 3. The van der Waals surface area contributed by atoms with Gasteiger partial charge in [0, 0.05) is 11.5 Å². The van der Waals surface area contributed by atoms with E-state index in [1.807, 2.05) is 30.3 Å². The van der Waals surface area contributed by atoms with Gasteiger partial charge in [-0.2, -0.15) is 0 Å². The van der Waals surface area contributed by atoms with Crippen LogP contribution in [0.25, 0.3) is 10.4 Å². The van der Waals surface area contributed by atoms with Gasteiger partial charge in [0.15, 0.2) is 0 Å². The summed E-state index contributed by atoms with van der Waals surface area (Å²) in [5.41, 5.74) is 8.26. The number of benzene rings is 1. The summed E-state index contributed by atoms with van der Waals surface area (Å²) in [6, 6.07) is 9.74. The van der Waals surface area contributed by atoms with Crippen LogP contribution in [-0.4, -0.2) is 25.9 Å². The van der Waals surface area contributed by atoms with Crippen molar-refractivity contribution in [3.05, 3.63) is 40.8 Å². The van der Waals surface area contributed by atoms with Crippen molar-refractivity contribution in [1.82, 2.24) is 0 Å². The Morgan fingerprint density at radius 3 is 2.83 bits per heavy atom. The average molecular weight is 247 g/mol. The summed E-state index contributed by atoms with van der Waals surface area (Å²) in [4.78, 5) is 2.77. The zero-order chi connectivity index (χ0) is 12.6. The van der Waals surface area contributed by atoms with E-state index < -0.39 is 0 Å². The molecule has 0 radical (unpaired) electrons. The topological polar surface area (TPSA) is 67.2 Å². The Kier molecular flexibility index (Phi) is 4.88. The van der Waals surface area contributed by atoms with Gasteiger partial charge in [0.25, 0.3) is 0 Å². The Morgan fingerprint density at radius 2 is 2.17 bits per heavy atom. The first-order valence-corrected chi connectivity index (χ1v) is 6.19. The van der Waals surface area contributed by atoms with Gasteiger partial charge in [-0.25, -0.2) is 0 Å². The molecule has 1 fully saturated rings. The second-order valence-corrected chi connectivity index (χ2v) is 4.44. The van der Waals surface area contributed by atoms with E-state index >= 15 is 0 Å². The van der Waals surface area contributed by atoms with Crippen molar-refractivity contribution >= 4 is 0 Å². The number of azide groups is 1. The van der Waals surface area contributed by atoms with E-state index in [0.29, 0.717) is 25.7 Å². The van der Waals surface area contributed by atoms with E-state index in [4.69, 9.17) is 15.0 Å². The van der Waals surface area contributed by atoms with Crippen molar-refractivity contribution in [3.63, 3.8) is 0 Å². The van der Waals surface area contributed by atoms with Gasteiger partial charge in [0.05, 0.1) is 12.7 Å². The maximum Gasteiger partial charge on any atom is 0.119 e. The molecule has 1 heterocycles. The smallest absolute Gasteiger partial charge is 0.119 e. The Morgan fingerprint density at radius 1 is 1.33 bits per heavy atom. The minimum absolute atomic E-state index is 0.146. The highest BCUT2D eigenvalue weighted by molar-refractivity contribution is 5.20. The number of para-hydroxylation sites is 1. The number of ether oxygens (including phenoxy) is 2. The zero-order valence-electron chi connectivity index (χ0n) is 10.2. The lowest BCUT2D eigenvalue weighted by molar-refractivity contribution is -0.0352. The molecule has 1 aromatic carbocycles. The first-order chi connectivity index (χ1) is 8.88. The minimum atomic E-state index is 0.146. The highest BCUT2D eigenvalue weighted by Gasteiger charge is 2.21. The summed E-state index contributed by atoms with van der Waals surface area (Å²) in [7, 11) is 0. The van der Waals surface area contributed by atoms with E-state index in [1.165, 1.54) is 0 Å². The molecule has 5 nitrogen and oxygen atoms in total. The number of rotatable bonds is 5. The first-order valence-electron chi connectivity index (χ1n) is 6.19. The van der Waals surface area contributed by atoms with Crippen LogP contribution in [0.1, 0.15) is 12.8 Å². The van der Waals surface area contributed by atoms with Gasteiger partial charge in [-0.3, -0.25) is 0 Å². The molecular formula is C13H17N3O2. The Bertz CT molecular complexity index is 396. The van der Waals surface area contributed by atoms with E-state index in [0.717, 1.165) is 18.6 Å². The van der Waals surface area contributed by atoms with Crippen LogP contribution >= 0.6 is 0 Å².